The predicted octanol–water partition coefficient (Wildman–Crippen LogP) is 6.46. The third-order valence-electron chi connectivity index (χ3n) is 5.76. The van der Waals surface area contributed by atoms with Crippen LogP contribution in [-0.4, -0.2) is 14.1 Å². The molecule has 0 unspecified atom stereocenters. The molecular formula is C24H38N2O2S. The molecule has 1 N–H and O–H groups in total. The largest absolute Gasteiger partial charge is 0.277 e. The van der Waals surface area contributed by atoms with Crippen molar-refractivity contribution in [3.63, 3.8) is 0 Å². The number of rotatable bonds is 6. The van der Waals surface area contributed by atoms with Crippen molar-refractivity contribution in [2.75, 3.05) is 0 Å². The van der Waals surface area contributed by atoms with Crippen LogP contribution in [0.3, 0.4) is 0 Å². The molecule has 4 nitrogen and oxygen atoms in total. The maximum absolute atomic E-state index is 13.4. The second-order valence-electron chi connectivity index (χ2n) is 9.86. The van der Waals surface area contributed by atoms with Gasteiger partial charge in [-0.05, 0) is 54.2 Å². The van der Waals surface area contributed by atoms with E-state index < -0.39 is 10.0 Å². The van der Waals surface area contributed by atoms with E-state index in [0.717, 1.165) is 29.7 Å². The van der Waals surface area contributed by atoms with Crippen molar-refractivity contribution in [2.45, 2.75) is 97.8 Å². The summed E-state index contributed by atoms with van der Waals surface area (Å²) in [7, 11) is -3.78. The van der Waals surface area contributed by atoms with E-state index in [1.807, 2.05) is 27.7 Å². The smallest absolute Gasteiger partial charge is 0.200 e. The number of nitrogens with one attached hydrogen (secondary N) is 1. The molecule has 0 heterocycles. The quantitative estimate of drug-likeness (QED) is 0.426. The number of hydrogen-bond acceptors (Lipinski definition) is 3. The number of hydrazone groups is 1. The van der Waals surface area contributed by atoms with Gasteiger partial charge in [0.2, 0.25) is 0 Å². The van der Waals surface area contributed by atoms with E-state index in [2.05, 4.69) is 62.8 Å². The van der Waals surface area contributed by atoms with Gasteiger partial charge in [-0.3, -0.25) is 0 Å². The molecule has 0 aliphatic heterocycles. The normalized spacial score (nSPS) is 18.6. The summed E-state index contributed by atoms with van der Waals surface area (Å²) in [5.41, 5.74) is 4.87. The highest BCUT2D eigenvalue weighted by molar-refractivity contribution is 7.89. The minimum Gasteiger partial charge on any atom is -0.200 e. The SMILES string of the molecule is CC1=CC(C)(C)/C(=N\NS(=O)(=O)c2c(C(C)C)cc(C(C)C)cc2C(C)C)CC1. The standard InChI is InChI=1S/C24H38N2O2S/c1-15(2)19-12-20(16(3)4)23(21(13-19)17(5)6)29(27,28)26-25-22-11-10-18(7)14-24(22,8)9/h12-17,26H,10-11H2,1-9H3/b25-22-. The summed E-state index contributed by atoms with van der Waals surface area (Å²) < 4.78 is 26.9. The Hall–Kier alpha value is -1.62. The van der Waals surface area contributed by atoms with Crippen LogP contribution in [0, 0.1) is 5.41 Å². The molecule has 0 aromatic heterocycles. The van der Waals surface area contributed by atoms with Gasteiger partial charge < -0.3 is 0 Å². The zero-order valence-corrected chi connectivity index (χ0v) is 20.4. The average molecular weight is 419 g/mol. The van der Waals surface area contributed by atoms with E-state index in [-0.39, 0.29) is 17.3 Å². The van der Waals surface area contributed by atoms with Crippen molar-refractivity contribution in [3.05, 3.63) is 40.5 Å². The molecule has 2 rings (SSSR count). The number of allylic oxidation sites excluding steroid dienone is 2. The molecule has 29 heavy (non-hydrogen) atoms. The Balaban J connectivity index is 2.58. The lowest BCUT2D eigenvalue weighted by atomic mass is 9.78. The van der Waals surface area contributed by atoms with Crippen molar-refractivity contribution in [1.82, 2.24) is 4.83 Å². The predicted molar refractivity (Wildman–Crippen MR) is 123 cm³/mol. The first kappa shape index (κ1) is 23.7. The fourth-order valence-corrected chi connectivity index (χ4v) is 5.50. The van der Waals surface area contributed by atoms with Crippen LogP contribution in [0.15, 0.2) is 33.8 Å². The van der Waals surface area contributed by atoms with E-state index in [4.69, 9.17) is 0 Å². The van der Waals surface area contributed by atoms with Crippen LogP contribution >= 0.6 is 0 Å². The number of hydrogen-bond donors (Lipinski definition) is 1. The number of sulfonamides is 1. The van der Waals surface area contributed by atoms with E-state index in [9.17, 15) is 8.42 Å². The summed E-state index contributed by atoms with van der Waals surface area (Å²) in [5, 5.41) is 4.41. The Morgan fingerprint density at radius 2 is 1.45 bits per heavy atom. The Bertz CT molecular complexity index is 891. The molecule has 162 valence electrons. The molecule has 0 bridgehead atoms. The van der Waals surface area contributed by atoms with Crippen LogP contribution in [0.2, 0.25) is 0 Å². The molecule has 5 heteroatoms. The second kappa shape index (κ2) is 8.63. The first-order valence-corrected chi connectivity index (χ1v) is 12.2. The first-order valence-electron chi connectivity index (χ1n) is 10.7. The second-order valence-corrected chi connectivity index (χ2v) is 11.5. The Labute approximate surface area is 177 Å². The highest BCUT2D eigenvalue weighted by atomic mass is 32.2. The van der Waals surface area contributed by atoms with Gasteiger partial charge in [0.15, 0.2) is 0 Å². The van der Waals surface area contributed by atoms with Gasteiger partial charge in [-0.15, -0.1) is 0 Å². The van der Waals surface area contributed by atoms with Crippen molar-refractivity contribution in [2.24, 2.45) is 10.5 Å². The van der Waals surface area contributed by atoms with Crippen LogP contribution in [0.4, 0.5) is 0 Å². The minimum absolute atomic E-state index is 0.0992. The fourth-order valence-electron chi connectivity index (χ4n) is 3.97. The molecule has 1 aromatic carbocycles. The lowest BCUT2D eigenvalue weighted by molar-refractivity contribution is 0.574. The van der Waals surface area contributed by atoms with Gasteiger partial charge in [0.1, 0.15) is 0 Å². The lowest BCUT2D eigenvalue weighted by Crippen LogP contribution is -2.30. The molecule has 0 fully saturated rings. The lowest BCUT2D eigenvalue weighted by Gasteiger charge is -2.29. The third-order valence-corrected chi connectivity index (χ3v) is 7.10. The van der Waals surface area contributed by atoms with Crippen molar-refractivity contribution >= 4 is 15.7 Å². The summed E-state index contributed by atoms with van der Waals surface area (Å²) in [6.07, 6.45) is 3.87. The van der Waals surface area contributed by atoms with E-state index in [0.29, 0.717) is 10.8 Å². The van der Waals surface area contributed by atoms with Gasteiger partial charge in [0, 0.05) is 11.1 Å². The molecule has 0 saturated heterocycles. The Kier molecular flexibility index (Phi) is 7.04. The molecule has 1 aromatic rings. The minimum atomic E-state index is -3.78. The van der Waals surface area contributed by atoms with Gasteiger partial charge in [-0.2, -0.15) is 13.5 Å². The summed E-state index contributed by atoms with van der Waals surface area (Å²) in [5.74, 6) is 0.539. The number of benzene rings is 1. The fraction of sp³-hybridized carbons (Fsp3) is 0.625. The molecule has 0 radical (unpaired) electrons. The molecule has 1 aliphatic rings. The van der Waals surface area contributed by atoms with Crippen LogP contribution in [-0.2, 0) is 10.0 Å². The number of nitrogens with zero attached hydrogens (tertiary/aromatic N) is 1. The van der Waals surface area contributed by atoms with Crippen molar-refractivity contribution in [1.29, 1.82) is 0 Å². The average Bonchev–Trinajstić information content (AvgIpc) is 2.58. The zero-order valence-electron chi connectivity index (χ0n) is 19.6. The highest BCUT2D eigenvalue weighted by Gasteiger charge is 2.29. The summed E-state index contributed by atoms with van der Waals surface area (Å²) in [6, 6.07) is 4.11. The Morgan fingerprint density at radius 1 is 0.931 bits per heavy atom. The maximum atomic E-state index is 13.4. The van der Waals surface area contributed by atoms with Gasteiger partial charge in [-0.25, -0.2) is 4.83 Å². The van der Waals surface area contributed by atoms with Crippen LogP contribution in [0.1, 0.15) is 110 Å². The highest BCUT2D eigenvalue weighted by Crippen LogP contribution is 2.35. The monoisotopic (exact) mass is 418 g/mol. The van der Waals surface area contributed by atoms with Gasteiger partial charge in [0.05, 0.1) is 4.90 Å². The van der Waals surface area contributed by atoms with Crippen molar-refractivity contribution < 1.29 is 8.42 Å². The molecule has 1 aliphatic carbocycles. The zero-order chi connectivity index (χ0) is 22.1. The summed E-state index contributed by atoms with van der Waals surface area (Å²) in [4.78, 5) is 2.99. The van der Waals surface area contributed by atoms with Gasteiger partial charge in [0.25, 0.3) is 10.0 Å². The van der Waals surface area contributed by atoms with E-state index in [1.165, 1.54) is 11.1 Å². The van der Waals surface area contributed by atoms with Crippen LogP contribution < -0.4 is 4.83 Å². The van der Waals surface area contributed by atoms with Crippen LogP contribution in [0.25, 0.3) is 0 Å². The molecule has 0 atom stereocenters. The molecule has 0 saturated carbocycles. The molecule has 0 amide bonds. The molecule has 0 spiro atoms. The Morgan fingerprint density at radius 3 is 1.86 bits per heavy atom. The van der Waals surface area contributed by atoms with E-state index >= 15 is 0 Å². The van der Waals surface area contributed by atoms with Gasteiger partial charge in [-0.1, -0.05) is 79.2 Å². The first-order chi connectivity index (χ1) is 13.3. The topological polar surface area (TPSA) is 58.5 Å². The maximum Gasteiger partial charge on any atom is 0.277 e. The summed E-state index contributed by atoms with van der Waals surface area (Å²) in [6.45, 7) is 18.8. The summed E-state index contributed by atoms with van der Waals surface area (Å²) >= 11 is 0. The van der Waals surface area contributed by atoms with Gasteiger partial charge >= 0.3 is 0 Å². The van der Waals surface area contributed by atoms with Crippen LogP contribution in [0.5, 0.6) is 0 Å². The molecular weight excluding hydrogens is 380 g/mol. The van der Waals surface area contributed by atoms with E-state index in [1.54, 1.807) is 0 Å². The van der Waals surface area contributed by atoms with Crippen molar-refractivity contribution in [3.8, 4) is 0 Å². The third kappa shape index (κ3) is 5.30.